The third kappa shape index (κ3) is 2.62. The van der Waals surface area contributed by atoms with E-state index in [0.717, 1.165) is 12.5 Å². The second-order valence-electron chi connectivity index (χ2n) is 5.76. The van der Waals surface area contributed by atoms with Crippen molar-refractivity contribution in [3.05, 3.63) is 29.1 Å². The minimum atomic E-state index is -5.95. The lowest BCUT2D eigenvalue weighted by molar-refractivity contribution is -0.0500. The molecule has 1 heterocycles. The highest BCUT2D eigenvalue weighted by atomic mass is 32.2. The van der Waals surface area contributed by atoms with Crippen molar-refractivity contribution in [1.29, 1.82) is 0 Å². The van der Waals surface area contributed by atoms with Crippen LogP contribution in [0.3, 0.4) is 0 Å². The number of alkyl halides is 3. The molecule has 0 aromatic heterocycles. The Labute approximate surface area is 134 Å². The van der Waals surface area contributed by atoms with Gasteiger partial charge in [0.25, 0.3) is 0 Å². The molecule has 24 heavy (non-hydrogen) atoms. The summed E-state index contributed by atoms with van der Waals surface area (Å²) in [5, 5.41) is 0. The van der Waals surface area contributed by atoms with Crippen LogP contribution in [-0.4, -0.2) is 19.9 Å². The number of ether oxygens (including phenoxy) is 1. The summed E-state index contributed by atoms with van der Waals surface area (Å²) in [5.41, 5.74) is -7.13. The van der Waals surface area contributed by atoms with Gasteiger partial charge in [-0.2, -0.15) is 21.6 Å². The summed E-state index contributed by atoms with van der Waals surface area (Å²) in [6, 6.07) is 1.30. The Kier molecular flexibility index (Phi) is 3.78. The van der Waals surface area contributed by atoms with Gasteiger partial charge in [0.05, 0.1) is 5.56 Å². The van der Waals surface area contributed by atoms with E-state index < -0.39 is 38.8 Å². The molecule has 1 spiro atoms. The lowest BCUT2D eigenvalue weighted by Crippen LogP contribution is -2.30. The number of carbonyl (C=O) groups excluding carboxylic acids is 1. The molecule has 132 valence electrons. The van der Waals surface area contributed by atoms with Gasteiger partial charge >= 0.3 is 21.6 Å². The van der Waals surface area contributed by atoms with Gasteiger partial charge in [-0.25, -0.2) is 9.18 Å². The second-order valence-corrected chi connectivity index (χ2v) is 7.29. The molecule has 1 aliphatic heterocycles. The van der Waals surface area contributed by atoms with E-state index in [2.05, 4.69) is 4.18 Å². The van der Waals surface area contributed by atoms with Gasteiger partial charge in [-0.1, -0.05) is 6.42 Å². The molecule has 10 heteroatoms. The molecule has 1 aromatic rings. The highest BCUT2D eigenvalue weighted by Gasteiger charge is 2.50. The van der Waals surface area contributed by atoms with Crippen LogP contribution in [0.5, 0.6) is 5.75 Å². The molecule has 0 atom stereocenters. The van der Waals surface area contributed by atoms with Gasteiger partial charge in [0.2, 0.25) is 0 Å². The number of hydrogen-bond acceptors (Lipinski definition) is 5. The lowest BCUT2D eigenvalue weighted by atomic mass is 9.79. The van der Waals surface area contributed by atoms with Crippen molar-refractivity contribution < 1.29 is 39.7 Å². The van der Waals surface area contributed by atoms with Crippen molar-refractivity contribution in [3.8, 4) is 5.75 Å². The molecule has 1 aliphatic carbocycles. The Morgan fingerprint density at radius 1 is 1.12 bits per heavy atom. The number of carbonyl (C=O) groups is 1. The number of fused-ring (bicyclic) bond motifs is 2. The largest absolute Gasteiger partial charge is 0.534 e. The fraction of sp³-hybridized carbons (Fsp3) is 0.500. The SMILES string of the molecule is O=C1OC2(CCCCC2)c2c(F)cc(OS(=O)(=O)C(F)(F)F)cc21. The highest BCUT2D eigenvalue weighted by Crippen LogP contribution is 2.48. The van der Waals surface area contributed by atoms with E-state index in [0.29, 0.717) is 31.7 Å². The van der Waals surface area contributed by atoms with E-state index in [-0.39, 0.29) is 11.1 Å². The van der Waals surface area contributed by atoms with Crippen molar-refractivity contribution in [1.82, 2.24) is 0 Å². The zero-order chi connectivity index (χ0) is 17.8. The third-order valence-electron chi connectivity index (χ3n) is 4.18. The van der Waals surface area contributed by atoms with E-state index in [1.807, 2.05) is 0 Å². The Balaban J connectivity index is 2.03. The van der Waals surface area contributed by atoms with Crippen molar-refractivity contribution in [2.45, 2.75) is 43.2 Å². The number of rotatable bonds is 2. The van der Waals surface area contributed by atoms with Gasteiger partial charge in [-0.15, -0.1) is 0 Å². The highest BCUT2D eigenvalue weighted by molar-refractivity contribution is 7.88. The quantitative estimate of drug-likeness (QED) is 0.346. The molecule has 0 bridgehead atoms. The molecular formula is C14H12F4O5S. The summed E-state index contributed by atoms with van der Waals surface area (Å²) in [7, 11) is -5.95. The average molecular weight is 368 g/mol. The number of esters is 1. The summed E-state index contributed by atoms with van der Waals surface area (Å²) in [5.74, 6) is -2.85. The standard InChI is InChI=1S/C14H12F4O5S/c15-10-7-8(23-24(20,21)14(16,17)18)6-9-11(10)13(22-12(9)19)4-2-1-3-5-13/h6-7H,1-5H2. The van der Waals surface area contributed by atoms with Crippen LogP contribution in [0.25, 0.3) is 0 Å². The van der Waals surface area contributed by atoms with E-state index in [1.165, 1.54) is 0 Å². The van der Waals surface area contributed by atoms with Crippen LogP contribution in [0.1, 0.15) is 48.0 Å². The summed E-state index contributed by atoms with van der Waals surface area (Å²) in [6.07, 6.45) is 3.15. The zero-order valence-corrected chi connectivity index (χ0v) is 13.0. The Morgan fingerprint density at radius 3 is 2.33 bits per heavy atom. The van der Waals surface area contributed by atoms with Crippen LogP contribution >= 0.6 is 0 Å². The maximum absolute atomic E-state index is 14.4. The zero-order valence-electron chi connectivity index (χ0n) is 12.2. The van der Waals surface area contributed by atoms with E-state index in [1.54, 1.807) is 0 Å². The molecule has 2 aliphatic rings. The van der Waals surface area contributed by atoms with Crippen LogP contribution in [-0.2, 0) is 20.5 Å². The monoisotopic (exact) mass is 368 g/mol. The minimum absolute atomic E-state index is 0.0380. The molecule has 0 amide bonds. The van der Waals surface area contributed by atoms with Gasteiger partial charge in [0, 0.05) is 11.6 Å². The van der Waals surface area contributed by atoms with E-state index in [4.69, 9.17) is 4.74 Å². The van der Waals surface area contributed by atoms with Crippen LogP contribution in [0.2, 0.25) is 0 Å². The second kappa shape index (κ2) is 5.33. The van der Waals surface area contributed by atoms with Gasteiger partial charge in [-0.05, 0) is 31.7 Å². The van der Waals surface area contributed by atoms with Crippen LogP contribution < -0.4 is 4.18 Å². The molecule has 0 N–H and O–H groups in total. The summed E-state index contributed by atoms with van der Waals surface area (Å²) in [4.78, 5) is 12.0. The predicted molar refractivity (Wildman–Crippen MR) is 72.2 cm³/mol. The van der Waals surface area contributed by atoms with E-state index >= 15 is 0 Å². The van der Waals surface area contributed by atoms with Crippen molar-refractivity contribution in [2.75, 3.05) is 0 Å². The van der Waals surface area contributed by atoms with Gasteiger partial charge in [0.15, 0.2) is 0 Å². The number of benzene rings is 1. The Hall–Kier alpha value is -1.84. The first-order valence-electron chi connectivity index (χ1n) is 7.14. The first-order chi connectivity index (χ1) is 11.1. The maximum Gasteiger partial charge on any atom is 0.534 e. The van der Waals surface area contributed by atoms with Crippen molar-refractivity contribution in [3.63, 3.8) is 0 Å². The molecule has 1 aromatic carbocycles. The Bertz CT molecular complexity index is 794. The molecule has 5 nitrogen and oxygen atoms in total. The third-order valence-corrected chi connectivity index (χ3v) is 5.16. The van der Waals surface area contributed by atoms with Gasteiger partial charge in [0.1, 0.15) is 17.2 Å². The molecular weight excluding hydrogens is 356 g/mol. The first-order valence-corrected chi connectivity index (χ1v) is 8.55. The average Bonchev–Trinajstić information content (AvgIpc) is 2.70. The maximum atomic E-state index is 14.4. The molecule has 1 saturated carbocycles. The van der Waals surface area contributed by atoms with Gasteiger partial charge < -0.3 is 8.92 Å². The minimum Gasteiger partial charge on any atom is -0.450 e. The van der Waals surface area contributed by atoms with E-state index in [9.17, 15) is 30.8 Å². The molecule has 0 radical (unpaired) electrons. The van der Waals surface area contributed by atoms with Crippen LogP contribution in [0.4, 0.5) is 17.6 Å². The summed E-state index contributed by atoms with van der Waals surface area (Å²) >= 11 is 0. The lowest BCUT2D eigenvalue weighted by Gasteiger charge is -2.32. The fourth-order valence-corrected chi connectivity index (χ4v) is 3.63. The molecule has 1 fully saturated rings. The molecule has 3 rings (SSSR count). The van der Waals surface area contributed by atoms with Gasteiger partial charge in [-0.3, -0.25) is 0 Å². The van der Waals surface area contributed by atoms with Crippen LogP contribution in [0.15, 0.2) is 12.1 Å². The number of hydrogen-bond donors (Lipinski definition) is 0. The smallest absolute Gasteiger partial charge is 0.450 e. The van der Waals surface area contributed by atoms with Crippen molar-refractivity contribution >= 4 is 16.1 Å². The molecule has 0 unspecified atom stereocenters. The summed E-state index contributed by atoms with van der Waals surface area (Å²) < 4.78 is 82.7. The predicted octanol–water partition coefficient (Wildman–Crippen LogP) is 3.38. The topological polar surface area (TPSA) is 69.7 Å². The van der Waals surface area contributed by atoms with Crippen LogP contribution in [0, 0.1) is 5.82 Å². The normalized spacial score (nSPS) is 19.9. The fourth-order valence-electron chi connectivity index (χ4n) is 3.19. The summed E-state index contributed by atoms with van der Waals surface area (Å²) in [6.45, 7) is 0. The Morgan fingerprint density at radius 2 is 1.75 bits per heavy atom. The number of halogens is 4. The first kappa shape index (κ1) is 17.0. The van der Waals surface area contributed by atoms with Crippen molar-refractivity contribution in [2.24, 2.45) is 0 Å². The molecule has 0 saturated heterocycles.